The van der Waals surface area contributed by atoms with Crippen LogP contribution in [0.3, 0.4) is 0 Å². The molecule has 5 heteroatoms. The Morgan fingerprint density at radius 2 is 2.22 bits per heavy atom. The lowest BCUT2D eigenvalue weighted by atomic mass is 10.1. The number of nitrogens with one attached hydrogen (secondary N) is 1. The van der Waals surface area contributed by atoms with Crippen molar-refractivity contribution < 1.29 is 4.39 Å². The van der Waals surface area contributed by atoms with Gasteiger partial charge in [-0.25, -0.2) is 4.39 Å². The maximum absolute atomic E-state index is 13.8. The summed E-state index contributed by atoms with van der Waals surface area (Å²) >= 11 is 1.82. The van der Waals surface area contributed by atoms with E-state index in [-0.39, 0.29) is 11.7 Å². The third-order valence-electron chi connectivity index (χ3n) is 2.69. The second-order valence-corrected chi connectivity index (χ2v) is 5.29. The summed E-state index contributed by atoms with van der Waals surface area (Å²) in [4.78, 5) is 2.10. The highest BCUT2D eigenvalue weighted by Crippen LogP contribution is 2.12. The first-order valence-electron chi connectivity index (χ1n) is 5.85. The fraction of sp³-hybridized carbons (Fsp3) is 0.462. The third-order valence-corrected chi connectivity index (χ3v) is 3.39. The number of rotatable bonds is 7. The highest BCUT2D eigenvalue weighted by atomic mass is 32.2. The number of halogens is 1. The lowest BCUT2D eigenvalue weighted by Crippen LogP contribution is -2.20. The Balaban J connectivity index is 2.59. The number of hydrogen-bond acceptors (Lipinski definition) is 3. The Morgan fingerprint density at radius 3 is 2.78 bits per heavy atom. The molecule has 0 bridgehead atoms. The largest absolute Gasteiger partial charge is 0.384 e. The molecule has 18 heavy (non-hydrogen) atoms. The first-order chi connectivity index (χ1) is 8.54. The number of hydrogen-bond donors (Lipinski definition) is 2. The topological polar surface area (TPSA) is 53.1 Å². The lowest BCUT2D eigenvalue weighted by Gasteiger charge is -2.17. The molecule has 0 aromatic heterocycles. The number of thioether (sulfide) groups is 1. The van der Waals surface area contributed by atoms with Crippen LogP contribution in [0.1, 0.15) is 17.5 Å². The van der Waals surface area contributed by atoms with E-state index < -0.39 is 0 Å². The van der Waals surface area contributed by atoms with Gasteiger partial charge in [0.15, 0.2) is 0 Å². The van der Waals surface area contributed by atoms with Gasteiger partial charge in [0.25, 0.3) is 0 Å². The van der Waals surface area contributed by atoms with Gasteiger partial charge in [0.1, 0.15) is 11.7 Å². The molecule has 0 atom stereocenters. The lowest BCUT2D eigenvalue weighted by molar-refractivity contribution is 0.323. The minimum atomic E-state index is -0.292. The highest BCUT2D eigenvalue weighted by Gasteiger charge is 2.07. The summed E-state index contributed by atoms with van der Waals surface area (Å²) in [7, 11) is 1.98. The van der Waals surface area contributed by atoms with Crippen molar-refractivity contribution in [3.05, 3.63) is 35.1 Å². The van der Waals surface area contributed by atoms with Gasteiger partial charge in [-0.05, 0) is 38.1 Å². The summed E-state index contributed by atoms with van der Waals surface area (Å²) < 4.78 is 13.8. The molecule has 1 rings (SSSR count). The van der Waals surface area contributed by atoms with Crippen LogP contribution in [0.25, 0.3) is 0 Å². The molecule has 0 aliphatic carbocycles. The molecular formula is C13H20FN3S. The molecule has 0 aliphatic heterocycles. The molecule has 0 aliphatic rings. The number of amidine groups is 1. The molecule has 0 amide bonds. The molecule has 0 spiro atoms. The van der Waals surface area contributed by atoms with Gasteiger partial charge in [0.2, 0.25) is 0 Å². The fourth-order valence-corrected chi connectivity index (χ4v) is 2.11. The summed E-state index contributed by atoms with van der Waals surface area (Å²) in [5.74, 6) is 0.726. The van der Waals surface area contributed by atoms with Crippen molar-refractivity contribution in [3.63, 3.8) is 0 Å². The normalized spacial score (nSPS) is 10.9. The summed E-state index contributed by atoms with van der Waals surface area (Å²) in [6, 6.07) is 4.72. The smallest absolute Gasteiger partial charge is 0.128 e. The predicted octanol–water partition coefficient (Wildman–Crippen LogP) is 2.29. The van der Waals surface area contributed by atoms with Crippen LogP contribution in [0.5, 0.6) is 0 Å². The first kappa shape index (κ1) is 15.0. The molecule has 0 saturated heterocycles. The third kappa shape index (κ3) is 4.66. The second-order valence-electron chi connectivity index (χ2n) is 4.30. The molecule has 0 fully saturated rings. The van der Waals surface area contributed by atoms with Crippen LogP contribution in [0.2, 0.25) is 0 Å². The summed E-state index contributed by atoms with van der Waals surface area (Å²) in [5.41, 5.74) is 6.40. The average molecular weight is 269 g/mol. The molecule has 1 aromatic rings. The fourth-order valence-electron chi connectivity index (χ4n) is 1.69. The minimum Gasteiger partial charge on any atom is -0.384 e. The van der Waals surface area contributed by atoms with Crippen molar-refractivity contribution in [2.24, 2.45) is 5.73 Å². The van der Waals surface area contributed by atoms with E-state index in [0.717, 1.165) is 18.7 Å². The number of nitrogen functional groups attached to an aromatic ring is 1. The average Bonchev–Trinajstić information content (AvgIpc) is 2.32. The zero-order valence-electron chi connectivity index (χ0n) is 10.9. The van der Waals surface area contributed by atoms with Gasteiger partial charge in [0.05, 0.1) is 0 Å². The Morgan fingerprint density at radius 1 is 1.50 bits per heavy atom. The van der Waals surface area contributed by atoms with Crippen LogP contribution in [-0.4, -0.2) is 36.3 Å². The maximum Gasteiger partial charge on any atom is 0.128 e. The van der Waals surface area contributed by atoms with E-state index in [0.29, 0.717) is 17.7 Å². The van der Waals surface area contributed by atoms with E-state index >= 15 is 0 Å². The predicted molar refractivity (Wildman–Crippen MR) is 76.7 cm³/mol. The van der Waals surface area contributed by atoms with Crippen LogP contribution in [0.4, 0.5) is 4.39 Å². The van der Waals surface area contributed by atoms with Crippen LogP contribution in [0.15, 0.2) is 18.2 Å². The Kier molecular flexibility index (Phi) is 6.15. The number of nitrogens with two attached hydrogens (primary N) is 1. The Bertz CT molecular complexity index is 409. The molecule has 0 radical (unpaired) electrons. The van der Waals surface area contributed by atoms with Gasteiger partial charge in [-0.1, -0.05) is 12.1 Å². The van der Waals surface area contributed by atoms with Crippen molar-refractivity contribution in [2.75, 3.05) is 25.6 Å². The van der Waals surface area contributed by atoms with Crippen LogP contribution < -0.4 is 5.73 Å². The number of nitrogens with zero attached hydrogens (tertiary/aromatic N) is 1. The zero-order chi connectivity index (χ0) is 13.5. The maximum atomic E-state index is 13.8. The molecule has 0 unspecified atom stereocenters. The molecule has 0 heterocycles. The van der Waals surface area contributed by atoms with Crippen molar-refractivity contribution in [1.29, 1.82) is 5.41 Å². The van der Waals surface area contributed by atoms with E-state index in [2.05, 4.69) is 11.2 Å². The summed E-state index contributed by atoms with van der Waals surface area (Å²) in [6.07, 6.45) is 3.19. The van der Waals surface area contributed by atoms with Gasteiger partial charge in [-0.15, -0.1) is 0 Å². The van der Waals surface area contributed by atoms with Gasteiger partial charge >= 0.3 is 0 Å². The first-order valence-corrected chi connectivity index (χ1v) is 7.24. The number of benzene rings is 1. The van der Waals surface area contributed by atoms with E-state index in [1.54, 1.807) is 12.1 Å². The minimum absolute atomic E-state index is 0.103. The van der Waals surface area contributed by atoms with E-state index in [1.165, 1.54) is 6.07 Å². The van der Waals surface area contributed by atoms with Gasteiger partial charge < -0.3 is 10.6 Å². The Hall–Kier alpha value is -1.07. The molecular weight excluding hydrogens is 249 g/mol. The van der Waals surface area contributed by atoms with E-state index in [9.17, 15) is 4.39 Å². The van der Waals surface area contributed by atoms with Crippen LogP contribution >= 0.6 is 11.8 Å². The van der Waals surface area contributed by atoms with Crippen LogP contribution in [-0.2, 0) is 6.54 Å². The summed E-state index contributed by atoms with van der Waals surface area (Å²) in [5, 5.41) is 7.25. The van der Waals surface area contributed by atoms with Crippen molar-refractivity contribution in [2.45, 2.75) is 13.0 Å². The highest BCUT2D eigenvalue weighted by molar-refractivity contribution is 7.98. The quantitative estimate of drug-likeness (QED) is 0.454. The molecule has 1 aromatic carbocycles. The van der Waals surface area contributed by atoms with Crippen molar-refractivity contribution in [1.82, 2.24) is 4.90 Å². The Labute approximate surface area is 112 Å². The van der Waals surface area contributed by atoms with E-state index in [1.807, 2.05) is 18.8 Å². The van der Waals surface area contributed by atoms with Gasteiger partial charge in [-0.2, -0.15) is 11.8 Å². The zero-order valence-corrected chi connectivity index (χ0v) is 11.7. The van der Waals surface area contributed by atoms with Gasteiger partial charge in [-0.3, -0.25) is 5.41 Å². The summed E-state index contributed by atoms with van der Waals surface area (Å²) in [6.45, 7) is 1.53. The van der Waals surface area contributed by atoms with Crippen molar-refractivity contribution in [3.8, 4) is 0 Å². The van der Waals surface area contributed by atoms with Crippen molar-refractivity contribution >= 4 is 17.6 Å². The van der Waals surface area contributed by atoms with Gasteiger partial charge in [0, 0.05) is 17.7 Å². The molecule has 3 nitrogen and oxygen atoms in total. The molecule has 0 saturated carbocycles. The molecule has 100 valence electrons. The molecule has 3 N–H and O–H groups in total. The second kappa shape index (κ2) is 7.38. The monoisotopic (exact) mass is 269 g/mol. The van der Waals surface area contributed by atoms with E-state index in [4.69, 9.17) is 11.1 Å². The standard InChI is InChI=1S/C13H20FN3S/c1-17(6-3-7-18-2)9-11-5-4-10(13(15)16)8-12(11)14/h4-5,8H,3,6-7,9H2,1-2H3,(H3,15,16). The van der Waals surface area contributed by atoms with Crippen LogP contribution in [0, 0.1) is 11.2 Å². The SMILES string of the molecule is CSCCCN(C)Cc1ccc(C(=N)N)cc1F.